The Morgan fingerprint density at radius 3 is 2.30 bits per heavy atom. The number of nitrogens with zero attached hydrogens (tertiary/aromatic N) is 3. The van der Waals surface area contributed by atoms with Crippen molar-refractivity contribution in [2.24, 2.45) is 0 Å². The lowest BCUT2D eigenvalue weighted by Gasteiger charge is -2.17. The summed E-state index contributed by atoms with van der Waals surface area (Å²) in [6, 6.07) is 11.2. The van der Waals surface area contributed by atoms with Crippen LogP contribution in [0.2, 0.25) is 0 Å². The number of hydrogen-bond donors (Lipinski definition) is 1. The summed E-state index contributed by atoms with van der Waals surface area (Å²) in [5.41, 5.74) is 0.971. The summed E-state index contributed by atoms with van der Waals surface area (Å²) in [7, 11) is 3.02. The highest BCUT2D eigenvalue weighted by molar-refractivity contribution is 5.97. The van der Waals surface area contributed by atoms with Crippen LogP contribution in [0.3, 0.4) is 0 Å². The topological polar surface area (TPSA) is 84.4 Å². The fourth-order valence-corrected chi connectivity index (χ4v) is 3.03. The minimum Gasteiger partial charge on any atom is -0.467 e. The lowest BCUT2D eigenvalue weighted by atomic mass is 10.1. The molecule has 1 N–H and O–H groups in total. The molecule has 0 spiro atoms. The van der Waals surface area contributed by atoms with Gasteiger partial charge in [0.2, 0.25) is 5.95 Å². The molecule has 2 aromatic carbocycles. The lowest BCUT2D eigenvalue weighted by molar-refractivity contribution is -0.142. The largest absolute Gasteiger partial charge is 0.467 e. The van der Waals surface area contributed by atoms with Crippen LogP contribution >= 0.6 is 0 Å². The maximum absolute atomic E-state index is 13.9. The third kappa shape index (κ3) is 5.97. The molecule has 0 aliphatic heterocycles. The van der Waals surface area contributed by atoms with Gasteiger partial charge in [-0.3, -0.25) is 4.79 Å². The average Bonchev–Trinajstić information content (AvgIpc) is 2.83. The Kier molecular flexibility index (Phi) is 7.80. The molecule has 3 aromatic rings. The number of rotatable bonds is 8. The highest BCUT2D eigenvalue weighted by Crippen LogP contribution is 2.20. The van der Waals surface area contributed by atoms with Gasteiger partial charge < -0.3 is 15.0 Å². The molecule has 1 heterocycles. The number of amides is 1. The van der Waals surface area contributed by atoms with Crippen molar-refractivity contribution in [2.75, 3.05) is 19.1 Å². The van der Waals surface area contributed by atoms with Crippen LogP contribution in [0.5, 0.6) is 0 Å². The Labute approximate surface area is 189 Å². The normalized spacial score (nSPS) is 11.8. The third-order valence-corrected chi connectivity index (χ3v) is 4.80. The van der Waals surface area contributed by atoms with Crippen LogP contribution in [-0.4, -0.2) is 42.0 Å². The fraction of sp³-hybridized carbons (Fsp3) is 0.167. The molecule has 0 aliphatic carbocycles. The zero-order chi connectivity index (χ0) is 23.8. The number of methoxy groups -OCH3 is 1. The van der Waals surface area contributed by atoms with Crippen LogP contribution in [0.1, 0.15) is 22.3 Å². The highest BCUT2D eigenvalue weighted by atomic mass is 19.1. The van der Waals surface area contributed by atoms with Gasteiger partial charge in [-0.25, -0.2) is 23.5 Å². The zero-order valence-electron chi connectivity index (χ0n) is 18.0. The molecule has 1 unspecified atom stereocenters. The zero-order valence-corrected chi connectivity index (χ0v) is 18.0. The van der Waals surface area contributed by atoms with Gasteiger partial charge in [0.05, 0.1) is 7.11 Å². The van der Waals surface area contributed by atoms with Crippen LogP contribution in [0.15, 0.2) is 67.0 Å². The first-order valence-corrected chi connectivity index (χ1v) is 10.0. The predicted molar refractivity (Wildman–Crippen MR) is 120 cm³/mol. The Morgan fingerprint density at radius 2 is 1.70 bits per heavy atom. The van der Waals surface area contributed by atoms with Crippen LogP contribution in [-0.2, 0) is 9.53 Å². The summed E-state index contributed by atoms with van der Waals surface area (Å²) in [6.45, 7) is 0. The highest BCUT2D eigenvalue weighted by Gasteiger charge is 2.24. The van der Waals surface area contributed by atoms with Gasteiger partial charge in [0.25, 0.3) is 5.91 Å². The monoisotopic (exact) mass is 452 g/mol. The van der Waals surface area contributed by atoms with Crippen LogP contribution < -0.4 is 10.2 Å². The molecule has 33 heavy (non-hydrogen) atoms. The summed E-state index contributed by atoms with van der Waals surface area (Å²) in [4.78, 5) is 34.6. The Balaban J connectivity index is 1.66. The molecule has 1 atom stereocenters. The van der Waals surface area contributed by atoms with E-state index in [4.69, 9.17) is 4.74 Å². The number of nitrogens with one attached hydrogen (secondary N) is 1. The smallest absolute Gasteiger partial charge is 0.328 e. The van der Waals surface area contributed by atoms with Gasteiger partial charge in [-0.1, -0.05) is 30.4 Å². The molecule has 7 nitrogen and oxygen atoms in total. The molecule has 1 aromatic heterocycles. The van der Waals surface area contributed by atoms with Gasteiger partial charge >= 0.3 is 5.97 Å². The van der Waals surface area contributed by atoms with E-state index in [1.807, 2.05) is 36.2 Å². The molecular weight excluding hydrogens is 430 g/mol. The molecule has 1 amide bonds. The van der Waals surface area contributed by atoms with Gasteiger partial charge in [-0.15, -0.1) is 0 Å². The second kappa shape index (κ2) is 10.9. The number of anilines is 2. The molecular formula is C24H22F2N4O3. The van der Waals surface area contributed by atoms with E-state index in [1.54, 1.807) is 30.6 Å². The Morgan fingerprint density at radius 1 is 1.06 bits per heavy atom. The van der Waals surface area contributed by atoms with Crippen molar-refractivity contribution in [3.63, 3.8) is 0 Å². The van der Waals surface area contributed by atoms with Crippen LogP contribution in [0.25, 0.3) is 6.08 Å². The van der Waals surface area contributed by atoms with Crippen molar-refractivity contribution in [3.8, 4) is 0 Å². The lowest BCUT2D eigenvalue weighted by Crippen LogP contribution is -2.41. The molecule has 9 heteroatoms. The van der Waals surface area contributed by atoms with Crippen LogP contribution in [0, 0.1) is 11.6 Å². The summed E-state index contributed by atoms with van der Waals surface area (Å²) in [6.07, 6.45) is 6.81. The van der Waals surface area contributed by atoms with E-state index in [0.29, 0.717) is 5.95 Å². The van der Waals surface area contributed by atoms with E-state index >= 15 is 0 Å². The molecule has 0 fully saturated rings. The van der Waals surface area contributed by atoms with Crippen molar-refractivity contribution in [1.82, 2.24) is 15.3 Å². The van der Waals surface area contributed by atoms with Crippen molar-refractivity contribution in [1.29, 1.82) is 0 Å². The first-order chi connectivity index (χ1) is 15.9. The van der Waals surface area contributed by atoms with Gasteiger partial charge in [-0.05, 0) is 42.3 Å². The maximum Gasteiger partial charge on any atom is 0.328 e. The quantitative estimate of drug-likeness (QED) is 0.522. The van der Waals surface area contributed by atoms with E-state index in [-0.39, 0.29) is 6.42 Å². The summed E-state index contributed by atoms with van der Waals surface area (Å²) < 4.78 is 32.4. The third-order valence-electron chi connectivity index (χ3n) is 4.80. The van der Waals surface area contributed by atoms with Gasteiger partial charge in [-0.2, -0.15) is 0 Å². The fourth-order valence-electron chi connectivity index (χ4n) is 3.03. The van der Waals surface area contributed by atoms with Gasteiger partial charge in [0, 0.05) is 25.1 Å². The van der Waals surface area contributed by atoms with E-state index in [1.165, 1.54) is 7.11 Å². The standard InChI is InChI=1S/C24H22F2N4O3/c1-30(24-27-14-5-15-28-24)17-12-10-16(11-13-17)6-3-9-20(23(32)33-2)29-22(31)21-18(25)7-4-8-19(21)26/h3-8,10-15,20H,9H2,1-2H3,(H,29,31)/b6-3+. The van der Waals surface area contributed by atoms with Crippen molar-refractivity contribution in [3.05, 3.63) is 89.8 Å². The van der Waals surface area contributed by atoms with Crippen LogP contribution in [0.4, 0.5) is 20.4 Å². The van der Waals surface area contributed by atoms with E-state index in [0.717, 1.165) is 29.4 Å². The molecule has 0 saturated heterocycles. The molecule has 3 rings (SSSR count). The second-order valence-electron chi connectivity index (χ2n) is 6.98. The van der Waals surface area contributed by atoms with Gasteiger partial charge in [0.1, 0.15) is 23.2 Å². The first-order valence-electron chi connectivity index (χ1n) is 10.0. The number of esters is 1. The van der Waals surface area contributed by atoms with E-state index in [9.17, 15) is 18.4 Å². The molecule has 170 valence electrons. The maximum atomic E-state index is 13.9. The van der Waals surface area contributed by atoms with E-state index in [2.05, 4.69) is 15.3 Å². The number of carbonyl (C=O) groups is 2. The average molecular weight is 452 g/mol. The van der Waals surface area contributed by atoms with Crippen molar-refractivity contribution < 1.29 is 23.1 Å². The SMILES string of the molecule is COC(=O)C(C/C=C/c1ccc(N(C)c2ncccn2)cc1)NC(=O)c1c(F)cccc1F. The molecule has 0 aliphatic rings. The second-order valence-corrected chi connectivity index (χ2v) is 6.98. The summed E-state index contributed by atoms with van der Waals surface area (Å²) >= 11 is 0. The number of carbonyl (C=O) groups excluding carboxylic acids is 2. The molecule has 0 radical (unpaired) electrons. The van der Waals surface area contributed by atoms with Crippen molar-refractivity contribution >= 4 is 29.6 Å². The Hall–Kier alpha value is -4.14. The molecule has 0 saturated carbocycles. The summed E-state index contributed by atoms with van der Waals surface area (Å²) in [5, 5.41) is 2.33. The number of benzene rings is 2. The predicted octanol–water partition coefficient (Wildman–Crippen LogP) is 3.90. The van der Waals surface area contributed by atoms with E-state index < -0.39 is 35.1 Å². The molecule has 0 bridgehead atoms. The number of hydrogen-bond acceptors (Lipinski definition) is 6. The summed E-state index contributed by atoms with van der Waals surface area (Å²) in [5.74, 6) is -3.24. The minimum absolute atomic E-state index is 0.0635. The first kappa shape index (κ1) is 23.5. The van der Waals surface area contributed by atoms with Crippen molar-refractivity contribution in [2.45, 2.75) is 12.5 Å². The van der Waals surface area contributed by atoms with Gasteiger partial charge in [0.15, 0.2) is 0 Å². The number of halogens is 2. The Bertz CT molecular complexity index is 1120. The number of aromatic nitrogens is 2. The minimum atomic E-state index is -1.11. The number of ether oxygens (including phenoxy) is 1.